The first-order valence-corrected chi connectivity index (χ1v) is 8.07. The molecular formula is C19H20ClNO3. The summed E-state index contributed by atoms with van der Waals surface area (Å²) >= 11 is 5.83. The van der Waals surface area contributed by atoms with Gasteiger partial charge in [-0.1, -0.05) is 35.9 Å². The number of benzene rings is 2. The Kier molecular flexibility index (Phi) is 5.99. The molecule has 0 heterocycles. The maximum absolute atomic E-state index is 12.2. The van der Waals surface area contributed by atoms with Crippen molar-refractivity contribution in [3.8, 4) is 0 Å². The summed E-state index contributed by atoms with van der Waals surface area (Å²) in [5.74, 6) is -2.07. The number of halogens is 1. The fourth-order valence-corrected chi connectivity index (χ4v) is 2.57. The van der Waals surface area contributed by atoms with Crippen LogP contribution in [0.5, 0.6) is 0 Å². The molecule has 0 aliphatic carbocycles. The zero-order valence-electron chi connectivity index (χ0n) is 13.7. The van der Waals surface area contributed by atoms with Gasteiger partial charge >= 0.3 is 5.97 Å². The molecule has 0 aliphatic heterocycles. The fourth-order valence-electron chi connectivity index (χ4n) is 2.45. The zero-order valence-corrected chi connectivity index (χ0v) is 14.4. The summed E-state index contributed by atoms with van der Waals surface area (Å²) in [6, 6.07) is 12.8. The van der Waals surface area contributed by atoms with Gasteiger partial charge in [0, 0.05) is 17.1 Å². The lowest BCUT2D eigenvalue weighted by Crippen LogP contribution is -2.24. The van der Waals surface area contributed by atoms with Crippen molar-refractivity contribution in [2.75, 3.05) is 5.32 Å². The molecule has 0 fully saturated rings. The van der Waals surface area contributed by atoms with Crippen molar-refractivity contribution in [1.29, 1.82) is 0 Å². The van der Waals surface area contributed by atoms with Crippen LogP contribution in [0.3, 0.4) is 0 Å². The number of anilines is 1. The second-order valence-electron chi connectivity index (χ2n) is 5.94. The average molecular weight is 346 g/mol. The molecule has 0 aromatic heterocycles. The lowest BCUT2D eigenvalue weighted by Gasteiger charge is -2.14. The van der Waals surface area contributed by atoms with E-state index < -0.39 is 11.9 Å². The summed E-state index contributed by atoms with van der Waals surface area (Å²) < 4.78 is 0. The van der Waals surface area contributed by atoms with Crippen LogP contribution in [0.4, 0.5) is 5.69 Å². The normalized spacial score (nSPS) is 11.8. The second kappa shape index (κ2) is 7.97. The minimum atomic E-state index is -0.985. The zero-order chi connectivity index (χ0) is 17.7. The van der Waals surface area contributed by atoms with Crippen molar-refractivity contribution in [3.05, 3.63) is 64.2 Å². The Morgan fingerprint density at radius 1 is 1.12 bits per heavy atom. The van der Waals surface area contributed by atoms with E-state index in [1.807, 2.05) is 32.0 Å². The Bertz CT molecular complexity index is 741. The van der Waals surface area contributed by atoms with Crippen LogP contribution in [0.25, 0.3) is 0 Å². The Hall–Kier alpha value is -2.33. The van der Waals surface area contributed by atoms with Crippen LogP contribution in [0.2, 0.25) is 5.02 Å². The van der Waals surface area contributed by atoms with Gasteiger partial charge in [0.15, 0.2) is 0 Å². The Balaban J connectivity index is 2.04. The quantitative estimate of drug-likeness (QED) is 0.823. The molecule has 2 N–H and O–H groups in total. The average Bonchev–Trinajstić information content (AvgIpc) is 2.52. The Morgan fingerprint density at radius 3 is 2.42 bits per heavy atom. The lowest BCUT2D eigenvalue weighted by molar-refractivity contribution is -0.143. The standard InChI is InChI=1S/C19H20ClNO3/c1-12-3-4-13(2)17(9-12)21-18(22)11-15(19(23)24)10-14-5-7-16(20)8-6-14/h3-9,15H,10-11H2,1-2H3,(H,21,22)(H,23,24). The summed E-state index contributed by atoms with van der Waals surface area (Å²) in [6.45, 7) is 3.84. The monoisotopic (exact) mass is 345 g/mol. The third kappa shape index (κ3) is 5.10. The van der Waals surface area contributed by atoms with Gasteiger partial charge < -0.3 is 10.4 Å². The number of nitrogens with one attached hydrogen (secondary N) is 1. The van der Waals surface area contributed by atoms with Crippen molar-refractivity contribution >= 4 is 29.2 Å². The van der Waals surface area contributed by atoms with Crippen LogP contribution in [-0.4, -0.2) is 17.0 Å². The van der Waals surface area contributed by atoms with E-state index >= 15 is 0 Å². The molecule has 0 aliphatic rings. The minimum absolute atomic E-state index is 0.0780. The predicted octanol–water partition coefficient (Wildman–Crippen LogP) is 4.23. The molecule has 4 nitrogen and oxygen atoms in total. The van der Waals surface area contributed by atoms with E-state index in [0.717, 1.165) is 22.4 Å². The van der Waals surface area contributed by atoms with Gasteiger partial charge in [0.2, 0.25) is 5.91 Å². The van der Waals surface area contributed by atoms with Gasteiger partial charge in [0.1, 0.15) is 0 Å². The molecule has 0 saturated heterocycles. The van der Waals surface area contributed by atoms with Gasteiger partial charge in [-0.25, -0.2) is 0 Å². The Morgan fingerprint density at radius 2 is 1.79 bits per heavy atom. The molecule has 126 valence electrons. The number of amides is 1. The number of carbonyl (C=O) groups excluding carboxylic acids is 1. The fraction of sp³-hybridized carbons (Fsp3) is 0.263. The Labute approximate surface area is 146 Å². The summed E-state index contributed by atoms with van der Waals surface area (Å²) in [5, 5.41) is 12.8. The third-order valence-electron chi connectivity index (χ3n) is 3.84. The molecule has 5 heteroatoms. The highest BCUT2D eigenvalue weighted by Gasteiger charge is 2.22. The number of carboxylic acid groups (broad SMARTS) is 1. The van der Waals surface area contributed by atoms with E-state index in [-0.39, 0.29) is 18.7 Å². The van der Waals surface area contributed by atoms with Gasteiger partial charge in [-0.3, -0.25) is 9.59 Å². The number of carboxylic acids is 1. The molecule has 0 radical (unpaired) electrons. The maximum atomic E-state index is 12.2. The molecule has 1 unspecified atom stereocenters. The largest absolute Gasteiger partial charge is 0.481 e. The summed E-state index contributed by atoms with van der Waals surface area (Å²) in [7, 11) is 0. The van der Waals surface area contributed by atoms with E-state index in [2.05, 4.69) is 5.32 Å². The topological polar surface area (TPSA) is 66.4 Å². The molecule has 2 aromatic carbocycles. The van der Waals surface area contributed by atoms with Crippen molar-refractivity contribution in [3.63, 3.8) is 0 Å². The highest BCUT2D eigenvalue weighted by Crippen LogP contribution is 2.19. The smallest absolute Gasteiger partial charge is 0.307 e. The predicted molar refractivity (Wildman–Crippen MR) is 95.4 cm³/mol. The number of aliphatic carboxylic acids is 1. The highest BCUT2D eigenvalue weighted by atomic mass is 35.5. The van der Waals surface area contributed by atoms with Crippen LogP contribution in [0.1, 0.15) is 23.1 Å². The first kappa shape index (κ1) is 18.0. The van der Waals surface area contributed by atoms with Crippen LogP contribution in [-0.2, 0) is 16.0 Å². The second-order valence-corrected chi connectivity index (χ2v) is 6.37. The SMILES string of the molecule is Cc1ccc(C)c(NC(=O)CC(Cc2ccc(Cl)cc2)C(=O)O)c1. The summed E-state index contributed by atoms with van der Waals surface area (Å²) in [4.78, 5) is 23.7. The van der Waals surface area contributed by atoms with Crippen LogP contribution in [0.15, 0.2) is 42.5 Å². The van der Waals surface area contributed by atoms with Gasteiger partial charge in [0.05, 0.1) is 5.92 Å². The molecule has 24 heavy (non-hydrogen) atoms. The van der Waals surface area contributed by atoms with E-state index in [4.69, 9.17) is 11.6 Å². The number of rotatable bonds is 6. The van der Waals surface area contributed by atoms with E-state index in [0.29, 0.717) is 5.02 Å². The van der Waals surface area contributed by atoms with Crippen molar-refractivity contribution in [1.82, 2.24) is 0 Å². The van der Waals surface area contributed by atoms with Gasteiger partial charge in [-0.15, -0.1) is 0 Å². The van der Waals surface area contributed by atoms with Crippen LogP contribution in [0, 0.1) is 19.8 Å². The van der Waals surface area contributed by atoms with Gasteiger partial charge in [-0.2, -0.15) is 0 Å². The van der Waals surface area contributed by atoms with Crippen molar-refractivity contribution < 1.29 is 14.7 Å². The van der Waals surface area contributed by atoms with Crippen LogP contribution >= 0.6 is 11.6 Å². The van der Waals surface area contributed by atoms with Crippen molar-refractivity contribution in [2.45, 2.75) is 26.7 Å². The summed E-state index contributed by atoms with van der Waals surface area (Å²) in [5.41, 5.74) is 3.53. The van der Waals surface area contributed by atoms with Crippen molar-refractivity contribution in [2.24, 2.45) is 5.92 Å². The van der Waals surface area contributed by atoms with Gasteiger partial charge in [0.25, 0.3) is 0 Å². The molecule has 1 amide bonds. The molecule has 2 rings (SSSR count). The first-order valence-electron chi connectivity index (χ1n) is 7.69. The van der Waals surface area contributed by atoms with Gasteiger partial charge in [-0.05, 0) is 55.2 Å². The molecule has 2 aromatic rings. The highest BCUT2D eigenvalue weighted by molar-refractivity contribution is 6.30. The van der Waals surface area contributed by atoms with Crippen LogP contribution < -0.4 is 5.32 Å². The lowest BCUT2D eigenvalue weighted by atomic mass is 9.96. The number of aryl methyl sites for hydroxylation is 2. The number of hydrogen-bond donors (Lipinski definition) is 2. The minimum Gasteiger partial charge on any atom is -0.481 e. The third-order valence-corrected chi connectivity index (χ3v) is 4.10. The molecule has 0 bridgehead atoms. The molecular weight excluding hydrogens is 326 g/mol. The van der Waals surface area contributed by atoms with E-state index in [1.54, 1.807) is 24.3 Å². The molecule has 1 atom stereocenters. The molecule has 0 saturated carbocycles. The number of carbonyl (C=O) groups is 2. The number of hydrogen-bond acceptors (Lipinski definition) is 2. The van der Waals surface area contributed by atoms with E-state index in [9.17, 15) is 14.7 Å². The first-order chi connectivity index (χ1) is 11.3. The maximum Gasteiger partial charge on any atom is 0.307 e. The van der Waals surface area contributed by atoms with E-state index in [1.165, 1.54) is 0 Å². The summed E-state index contributed by atoms with van der Waals surface area (Å²) in [6.07, 6.45) is 0.206. The molecule has 0 spiro atoms.